The molecule has 0 aliphatic heterocycles. The van der Waals surface area contributed by atoms with Gasteiger partial charge < -0.3 is 0 Å². The molecule has 0 atom stereocenters. The minimum Gasteiger partial charge on any atom is -0.0622 e. The molecule has 0 aromatic heterocycles. The van der Waals surface area contributed by atoms with Gasteiger partial charge in [-0.05, 0) is 210 Å². The summed E-state index contributed by atoms with van der Waals surface area (Å²) in [4.78, 5) is 0. The van der Waals surface area contributed by atoms with Gasteiger partial charge in [0.1, 0.15) is 0 Å². The fourth-order valence-corrected chi connectivity index (χ4v) is 16.8. The van der Waals surface area contributed by atoms with Gasteiger partial charge in [0.15, 0.2) is 0 Å². The van der Waals surface area contributed by atoms with Crippen molar-refractivity contribution in [1.82, 2.24) is 0 Å². The maximum atomic E-state index is 2.52. The molecule has 0 radical (unpaired) electrons. The quantitative estimate of drug-likeness (QED) is 0.121. The van der Waals surface area contributed by atoms with Gasteiger partial charge in [0.25, 0.3) is 0 Å². The monoisotopic (exact) mass is 1180 g/mol. The number of hydrogen-bond donors (Lipinski definition) is 0. The first-order chi connectivity index (χ1) is 46.1. The van der Waals surface area contributed by atoms with Crippen LogP contribution in [0.3, 0.4) is 0 Å². The summed E-state index contributed by atoms with van der Waals surface area (Å²) in [5.74, 6) is 0. The molecular formula is C93H62. The van der Waals surface area contributed by atoms with Gasteiger partial charge in [-0.25, -0.2) is 0 Å². The summed E-state index contributed by atoms with van der Waals surface area (Å²) >= 11 is 0. The van der Waals surface area contributed by atoms with Gasteiger partial charge in [0.05, 0.1) is 16.2 Å². The summed E-state index contributed by atoms with van der Waals surface area (Å²) in [6.45, 7) is 0. The fraction of sp³-hybridized carbons (Fsp3) is 0.0323. The fourth-order valence-electron chi connectivity index (χ4n) is 16.8. The van der Waals surface area contributed by atoms with Crippen molar-refractivity contribution in [1.29, 1.82) is 0 Å². The van der Waals surface area contributed by atoms with Crippen molar-refractivity contribution in [2.45, 2.75) is 16.2 Å². The van der Waals surface area contributed by atoms with Gasteiger partial charge in [0, 0.05) is 0 Å². The van der Waals surface area contributed by atoms with E-state index in [-0.39, 0.29) is 0 Å². The highest BCUT2D eigenvalue weighted by atomic mass is 14.5. The second kappa shape index (κ2) is 21.8. The van der Waals surface area contributed by atoms with E-state index >= 15 is 0 Å². The third kappa shape index (κ3) is 8.25. The predicted molar refractivity (Wildman–Crippen MR) is 386 cm³/mol. The molecule has 0 nitrogen and oxygen atoms in total. The summed E-state index contributed by atoms with van der Waals surface area (Å²) in [6.07, 6.45) is 0. The van der Waals surface area contributed by atoms with Crippen molar-refractivity contribution in [2.24, 2.45) is 0 Å². The molecule has 0 fully saturated rings. The Morgan fingerprint density at radius 1 is 0.118 bits per heavy atom. The lowest BCUT2D eigenvalue weighted by molar-refractivity contribution is 0.768. The summed E-state index contributed by atoms with van der Waals surface area (Å²) in [5.41, 5.74) is 32.7. The second-order valence-electron chi connectivity index (χ2n) is 25.3. The van der Waals surface area contributed by atoms with Crippen molar-refractivity contribution in [3.8, 4) is 89.0 Å². The molecule has 0 saturated heterocycles. The number of fused-ring (bicyclic) bond motifs is 9. The zero-order valence-electron chi connectivity index (χ0n) is 51.3. The Kier molecular flexibility index (Phi) is 12.7. The van der Waals surface area contributed by atoms with E-state index in [2.05, 4.69) is 376 Å². The highest BCUT2D eigenvalue weighted by Crippen LogP contribution is 2.60. The van der Waals surface area contributed by atoms with Crippen LogP contribution >= 0.6 is 0 Å². The van der Waals surface area contributed by atoms with E-state index in [0.29, 0.717) is 0 Å². The second-order valence-corrected chi connectivity index (χ2v) is 25.3. The minimum absolute atomic E-state index is 0.542. The minimum atomic E-state index is -0.563. The molecule has 18 rings (SSSR count). The molecule has 0 heteroatoms. The Hall–Kier alpha value is -11.7. The van der Waals surface area contributed by atoms with E-state index in [1.807, 2.05) is 0 Å². The maximum Gasteiger partial charge on any atom is 0.0713 e. The van der Waals surface area contributed by atoms with Crippen LogP contribution in [0.25, 0.3) is 89.0 Å². The van der Waals surface area contributed by atoms with Crippen LogP contribution in [0.2, 0.25) is 0 Å². The Morgan fingerprint density at radius 3 is 0.570 bits per heavy atom. The molecule has 15 aromatic carbocycles. The van der Waals surface area contributed by atoms with Gasteiger partial charge in [-0.2, -0.15) is 0 Å². The van der Waals surface area contributed by atoms with Gasteiger partial charge in [-0.15, -0.1) is 0 Å². The lowest BCUT2D eigenvalue weighted by Crippen LogP contribution is -2.28. The average Bonchev–Trinajstić information content (AvgIpc) is 1.57. The Balaban J connectivity index is 0.890. The molecular weight excluding hydrogens is 1120 g/mol. The first-order valence-electron chi connectivity index (χ1n) is 32.5. The van der Waals surface area contributed by atoms with Gasteiger partial charge >= 0.3 is 0 Å². The van der Waals surface area contributed by atoms with Crippen molar-refractivity contribution in [3.05, 3.63) is 443 Å². The van der Waals surface area contributed by atoms with Crippen LogP contribution in [-0.4, -0.2) is 0 Å². The molecule has 0 saturated carbocycles. The predicted octanol–water partition coefficient (Wildman–Crippen LogP) is 23.1. The van der Waals surface area contributed by atoms with Gasteiger partial charge in [-0.3, -0.25) is 0 Å². The molecule has 0 bridgehead atoms. The third-order valence-corrected chi connectivity index (χ3v) is 20.7. The maximum absolute atomic E-state index is 2.52. The Labute approximate surface area is 544 Å². The summed E-state index contributed by atoms with van der Waals surface area (Å²) in [7, 11) is 0. The largest absolute Gasteiger partial charge is 0.0713 e. The molecule has 93 heavy (non-hydrogen) atoms. The zero-order chi connectivity index (χ0) is 61.5. The number of hydrogen-bond acceptors (Lipinski definition) is 0. The lowest BCUT2D eigenvalue weighted by atomic mass is 9.67. The SMILES string of the molecule is c1ccc(-c2cc(-c3cc(-c4ccc5c(c4)C(c4ccccc4)(c4ccccc4)c4ccccc4-5)cc(-c4ccc5c(c4)C(c4ccccc4)(c4ccccc4)c4ccccc4-5)c3)cc(-c3ccc4c(c3)C(c3ccccc3)(c3ccccc3)c3ccccc3-4)c2)cc1. The standard InChI is InChI=1S/C93H62/c1-8-28-63(29-9-1)67-54-68(64-48-51-82-79-42-22-25-45-85(79)91(88(82)60-64,73-30-10-2-11-31-73)74-32-12-3-13-33-74)57-71(55-67)72-58-69(65-49-52-83-80-43-23-26-46-86(80)92(89(83)61-65,75-34-14-4-15-35-75)76-36-16-5-17-37-76)56-70(59-72)66-50-53-84-81-44-24-27-47-87(81)93(90(84)62-66,77-38-18-6-19-39-77)78-40-20-7-21-41-78/h1-62H. The van der Waals surface area contributed by atoms with Crippen LogP contribution in [0.1, 0.15) is 66.8 Å². The van der Waals surface area contributed by atoms with Crippen LogP contribution in [-0.2, 0) is 16.2 Å². The molecule has 0 amide bonds. The van der Waals surface area contributed by atoms with E-state index in [1.54, 1.807) is 0 Å². The normalized spacial score (nSPS) is 13.8. The van der Waals surface area contributed by atoms with Crippen molar-refractivity contribution in [2.75, 3.05) is 0 Å². The Morgan fingerprint density at radius 2 is 0.312 bits per heavy atom. The molecule has 3 aliphatic rings. The first-order valence-corrected chi connectivity index (χ1v) is 32.5. The van der Waals surface area contributed by atoms with E-state index in [1.165, 1.54) is 111 Å². The highest BCUT2D eigenvalue weighted by Gasteiger charge is 2.49. The zero-order valence-corrected chi connectivity index (χ0v) is 51.3. The summed E-state index contributed by atoms with van der Waals surface area (Å²) in [5, 5.41) is 0. The van der Waals surface area contributed by atoms with Crippen LogP contribution in [0.5, 0.6) is 0 Å². The first kappa shape index (κ1) is 54.3. The summed E-state index contributed by atoms with van der Waals surface area (Å²) in [6, 6.07) is 142. The van der Waals surface area contributed by atoms with Crippen LogP contribution in [0, 0.1) is 0 Å². The lowest BCUT2D eigenvalue weighted by Gasteiger charge is -2.34. The molecule has 0 unspecified atom stereocenters. The van der Waals surface area contributed by atoms with Crippen LogP contribution in [0.4, 0.5) is 0 Å². The Bertz CT molecular complexity index is 5020. The number of benzene rings is 15. The van der Waals surface area contributed by atoms with Crippen LogP contribution < -0.4 is 0 Å². The van der Waals surface area contributed by atoms with E-state index in [9.17, 15) is 0 Å². The molecule has 0 N–H and O–H groups in total. The number of rotatable bonds is 11. The molecule has 15 aromatic rings. The van der Waals surface area contributed by atoms with Crippen molar-refractivity contribution in [3.63, 3.8) is 0 Å². The topological polar surface area (TPSA) is 0 Å². The third-order valence-electron chi connectivity index (χ3n) is 20.7. The van der Waals surface area contributed by atoms with Crippen molar-refractivity contribution >= 4 is 0 Å². The van der Waals surface area contributed by atoms with E-state index < -0.39 is 16.2 Å². The smallest absolute Gasteiger partial charge is 0.0622 e. The highest BCUT2D eigenvalue weighted by molar-refractivity contribution is 5.95. The van der Waals surface area contributed by atoms with E-state index in [0.717, 1.165) is 44.5 Å². The van der Waals surface area contributed by atoms with Gasteiger partial charge in [-0.1, -0.05) is 322 Å². The van der Waals surface area contributed by atoms with Crippen molar-refractivity contribution < 1.29 is 0 Å². The van der Waals surface area contributed by atoms with Gasteiger partial charge in [0.2, 0.25) is 0 Å². The van der Waals surface area contributed by atoms with E-state index in [4.69, 9.17) is 0 Å². The average molecular weight is 1180 g/mol. The van der Waals surface area contributed by atoms with Crippen LogP contribution in [0.15, 0.2) is 376 Å². The molecule has 434 valence electrons. The molecule has 0 heterocycles. The summed E-state index contributed by atoms with van der Waals surface area (Å²) < 4.78 is 0. The molecule has 0 spiro atoms. The molecule has 3 aliphatic carbocycles.